The van der Waals surface area contributed by atoms with Gasteiger partial charge in [-0.25, -0.2) is 0 Å². The second-order valence-electron chi connectivity index (χ2n) is 7.65. The molecule has 1 aromatic rings. The summed E-state index contributed by atoms with van der Waals surface area (Å²) in [4.78, 5) is 3.03. The summed E-state index contributed by atoms with van der Waals surface area (Å²) in [5.41, 5.74) is 0.876. The average molecular weight is 294 g/mol. The van der Waals surface area contributed by atoms with Gasteiger partial charge in [-0.05, 0) is 83.9 Å². The number of hydrogen-bond donors (Lipinski definition) is 1. The molecule has 1 aliphatic rings. The Kier molecular flexibility index (Phi) is 5.30. The van der Waals surface area contributed by atoms with Crippen LogP contribution in [0.2, 0.25) is 0 Å². The van der Waals surface area contributed by atoms with Crippen LogP contribution in [0.15, 0.2) is 12.1 Å². The highest BCUT2D eigenvalue weighted by Gasteiger charge is 2.33. The van der Waals surface area contributed by atoms with Gasteiger partial charge in [0.15, 0.2) is 0 Å². The van der Waals surface area contributed by atoms with Gasteiger partial charge >= 0.3 is 0 Å². The van der Waals surface area contributed by atoms with E-state index in [4.69, 9.17) is 0 Å². The van der Waals surface area contributed by atoms with Crippen molar-refractivity contribution in [3.8, 4) is 0 Å². The van der Waals surface area contributed by atoms with Crippen LogP contribution in [0.4, 0.5) is 0 Å². The van der Waals surface area contributed by atoms with Crippen LogP contribution in [0.1, 0.15) is 69.1 Å². The predicted molar refractivity (Wildman–Crippen MR) is 90.7 cm³/mol. The maximum Gasteiger partial charge on any atom is 0.00965 e. The normalized spacial score (nSPS) is 18.6. The molecule has 0 saturated heterocycles. The Labute approximate surface area is 129 Å². The van der Waals surface area contributed by atoms with Gasteiger partial charge in [-0.3, -0.25) is 0 Å². The monoisotopic (exact) mass is 293 g/mol. The minimum atomic E-state index is 0.255. The van der Waals surface area contributed by atoms with E-state index in [0.29, 0.717) is 5.41 Å². The molecule has 1 aliphatic carbocycles. The number of hydrogen-bond acceptors (Lipinski definition) is 2. The van der Waals surface area contributed by atoms with E-state index >= 15 is 0 Å². The van der Waals surface area contributed by atoms with E-state index in [0.717, 1.165) is 0 Å². The Morgan fingerprint density at radius 2 is 1.85 bits per heavy atom. The van der Waals surface area contributed by atoms with Crippen LogP contribution in [-0.4, -0.2) is 12.1 Å². The largest absolute Gasteiger partial charge is 0.312 e. The third-order valence-electron chi connectivity index (χ3n) is 4.67. The van der Waals surface area contributed by atoms with Crippen LogP contribution in [0.3, 0.4) is 0 Å². The van der Waals surface area contributed by atoms with E-state index in [9.17, 15) is 0 Å². The van der Waals surface area contributed by atoms with Gasteiger partial charge in [-0.1, -0.05) is 12.8 Å². The molecule has 0 aliphatic heterocycles. The Morgan fingerprint density at radius 1 is 1.15 bits per heavy atom. The van der Waals surface area contributed by atoms with Crippen molar-refractivity contribution in [2.45, 2.75) is 78.2 Å². The quantitative estimate of drug-likeness (QED) is 0.747. The lowest BCUT2D eigenvalue weighted by molar-refractivity contribution is 0.235. The van der Waals surface area contributed by atoms with Crippen molar-refractivity contribution in [1.29, 1.82) is 0 Å². The summed E-state index contributed by atoms with van der Waals surface area (Å²) in [6, 6.07) is 4.60. The fourth-order valence-electron chi connectivity index (χ4n) is 3.46. The summed E-state index contributed by atoms with van der Waals surface area (Å²) in [5.74, 6) is 0. The molecule has 0 aromatic carbocycles. The molecule has 2 heteroatoms. The van der Waals surface area contributed by atoms with E-state index in [1.165, 1.54) is 56.4 Å². The molecule has 1 fully saturated rings. The smallest absolute Gasteiger partial charge is 0.00965 e. The third kappa shape index (κ3) is 4.89. The van der Waals surface area contributed by atoms with Crippen molar-refractivity contribution >= 4 is 11.3 Å². The predicted octanol–water partition coefficient (Wildman–Crippen LogP) is 5.33. The molecule has 0 unspecified atom stereocenters. The van der Waals surface area contributed by atoms with Crippen LogP contribution >= 0.6 is 11.3 Å². The van der Waals surface area contributed by atoms with Crippen molar-refractivity contribution in [1.82, 2.24) is 5.32 Å². The summed E-state index contributed by atoms with van der Waals surface area (Å²) in [7, 11) is 0. The van der Waals surface area contributed by atoms with E-state index in [-0.39, 0.29) is 5.54 Å². The first-order chi connectivity index (χ1) is 9.39. The van der Waals surface area contributed by atoms with Crippen LogP contribution in [0.5, 0.6) is 0 Å². The third-order valence-corrected chi connectivity index (χ3v) is 5.73. The van der Waals surface area contributed by atoms with E-state index in [1.54, 1.807) is 4.88 Å². The summed E-state index contributed by atoms with van der Waals surface area (Å²) in [6.07, 6.45) is 9.81. The molecule has 114 valence electrons. The minimum Gasteiger partial charge on any atom is -0.312 e. The molecular formula is C18H31NS. The van der Waals surface area contributed by atoms with Crippen molar-refractivity contribution < 1.29 is 0 Å². The van der Waals surface area contributed by atoms with Crippen molar-refractivity contribution in [3.05, 3.63) is 21.9 Å². The van der Waals surface area contributed by atoms with Gasteiger partial charge in [0.05, 0.1) is 0 Å². The summed E-state index contributed by atoms with van der Waals surface area (Å²) in [6.45, 7) is 10.2. The molecule has 0 bridgehead atoms. The molecular weight excluding hydrogens is 262 g/mol. The Hall–Kier alpha value is -0.340. The summed E-state index contributed by atoms with van der Waals surface area (Å²) >= 11 is 1.98. The van der Waals surface area contributed by atoms with Gasteiger partial charge in [0.25, 0.3) is 0 Å². The first-order valence-electron chi connectivity index (χ1n) is 8.19. The number of nitrogens with one attached hydrogen (secondary N) is 1. The molecule has 20 heavy (non-hydrogen) atoms. The molecule has 1 saturated carbocycles. The highest BCUT2D eigenvalue weighted by Crippen LogP contribution is 2.44. The van der Waals surface area contributed by atoms with E-state index in [2.05, 4.69) is 45.1 Å². The first kappa shape index (κ1) is 16.0. The lowest BCUT2D eigenvalue weighted by Gasteiger charge is -2.31. The number of rotatable bonds is 6. The molecule has 0 spiro atoms. The van der Waals surface area contributed by atoms with E-state index < -0.39 is 0 Å². The molecule has 1 aromatic heterocycles. The molecule has 0 radical (unpaired) electrons. The Morgan fingerprint density at radius 3 is 2.40 bits per heavy atom. The molecule has 0 atom stereocenters. The SMILES string of the molecule is Cc1ccc(CCC2(CCNC(C)(C)C)CCCC2)s1. The minimum absolute atomic E-state index is 0.255. The second kappa shape index (κ2) is 6.62. The average Bonchev–Trinajstić information content (AvgIpc) is 2.95. The molecule has 1 heterocycles. The zero-order chi connectivity index (χ0) is 14.6. The highest BCUT2D eigenvalue weighted by molar-refractivity contribution is 7.11. The summed E-state index contributed by atoms with van der Waals surface area (Å²) < 4.78 is 0. The Balaban J connectivity index is 1.85. The van der Waals surface area contributed by atoms with Crippen LogP contribution in [-0.2, 0) is 6.42 Å². The molecule has 1 nitrogen and oxygen atoms in total. The van der Waals surface area contributed by atoms with Gasteiger partial charge < -0.3 is 5.32 Å². The number of thiophene rings is 1. The van der Waals surface area contributed by atoms with Crippen LogP contribution in [0, 0.1) is 12.3 Å². The van der Waals surface area contributed by atoms with Gasteiger partial charge in [0.2, 0.25) is 0 Å². The maximum atomic E-state index is 3.68. The molecule has 0 amide bonds. The second-order valence-corrected chi connectivity index (χ2v) is 9.02. The lowest BCUT2D eigenvalue weighted by Crippen LogP contribution is -2.38. The summed E-state index contributed by atoms with van der Waals surface area (Å²) in [5, 5.41) is 3.68. The van der Waals surface area contributed by atoms with Gasteiger partial charge in [0, 0.05) is 15.3 Å². The van der Waals surface area contributed by atoms with Crippen LogP contribution < -0.4 is 5.32 Å². The fraction of sp³-hybridized carbons (Fsp3) is 0.778. The lowest BCUT2D eigenvalue weighted by atomic mass is 9.78. The van der Waals surface area contributed by atoms with Crippen molar-refractivity contribution in [3.63, 3.8) is 0 Å². The van der Waals surface area contributed by atoms with Gasteiger partial charge in [-0.15, -0.1) is 11.3 Å². The van der Waals surface area contributed by atoms with E-state index in [1.807, 2.05) is 11.3 Å². The van der Waals surface area contributed by atoms with Crippen molar-refractivity contribution in [2.24, 2.45) is 5.41 Å². The Bertz CT molecular complexity index is 407. The van der Waals surface area contributed by atoms with Gasteiger partial charge in [0.1, 0.15) is 0 Å². The zero-order valence-corrected chi connectivity index (χ0v) is 14.5. The molecule has 1 N–H and O–H groups in total. The standard InChI is InChI=1S/C18H31NS/c1-15-7-8-16(20-15)9-12-18(10-5-6-11-18)13-14-19-17(2,3)4/h7-8,19H,5-6,9-14H2,1-4H3. The van der Waals surface area contributed by atoms with Gasteiger partial charge in [-0.2, -0.15) is 0 Å². The first-order valence-corrected chi connectivity index (χ1v) is 9.01. The fourth-order valence-corrected chi connectivity index (χ4v) is 4.35. The van der Waals surface area contributed by atoms with Crippen LogP contribution in [0.25, 0.3) is 0 Å². The highest BCUT2D eigenvalue weighted by atomic mass is 32.1. The maximum absolute atomic E-state index is 3.68. The molecule has 2 rings (SSSR count). The number of aryl methyl sites for hydroxylation is 2. The zero-order valence-electron chi connectivity index (χ0n) is 13.7. The van der Waals surface area contributed by atoms with Crippen molar-refractivity contribution in [2.75, 3.05) is 6.54 Å². The topological polar surface area (TPSA) is 12.0 Å².